The van der Waals surface area contributed by atoms with Crippen LogP contribution in [-0.2, 0) is 19.0 Å². The van der Waals surface area contributed by atoms with E-state index in [1.165, 1.54) is 0 Å². The van der Waals surface area contributed by atoms with Crippen molar-refractivity contribution >= 4 is 11.8 Å². The van der Waals surface area contributed by atoms with Crippen LogP contribution in [-0.4, -0.2) is 16.2 Å². The Labute approximate surface area is 113 Å². The largest absolute Gasteiger partial charge is 0.465 e. The lowest BCUT2D eigenvalue weighted by atomic mass is 10.00. The van der Waals surface area contributed by atoms with Crippen LogP contribution in [0.3, 0.4) is 0 Å². The monoisotopic (exact) mass is 286 g/mol. The molecule has 1 aromatic heterocycles. The van der Waals surface area contributed by atoms with Crippen LogP contribution in [0, 0.1) is 0 Å². The zero-order chi connectivity index (χ0) is 14.5. The molecule has 0 radical (unpaired) electrons. The van der Waals surface area contributed by atoms with Gasteiger partial charge >= 0.3 is 12.3 Å². The third-order valence-electron chi connectivity index (χ3n) is 3.75. The van der Waals surface area contributed by atoms with Gasteiger partial charge in [-0.1, -0.05) is 0 Å². The molecular formula is C13H13F3N2O2. The smallest absolute Gasteiger partial charge is 0.433 e. The average molecular weight is 286 g/mol. The number of halogens is 3. The van der Waals surface area contributed by atoms with E-state index < -0.39 is 18.0 Å². The highest BCUT2D eigenvalue weighted by Crippen LogP contribution is 2.50. The predicted molar refractivity (Wildman–Crippen MR) is 64.9 cm³/mol. The molecule has 0 spiro atoms. The fourth-order valence-corrected chi connectivity index (χ4v) is 2.83. The summed E-state index contributed by atoms with van der Waals surface area (Å²) in [6.07, 6.45) is -2.82. The molecule has 1 amide bonds. The highest BCUT2D eigenvalue weighted by Gasteiger charge is 2.43. The molecule has 0 bridgehead atoms. The highest BCUT2D eigenvalue weighted by atomic mass is 19.4. The van der Waals surface area contributed by atoms with Gasteiger partial charge in [-0.15, -0.1) is 0 Å². The number of aryl methyl sites for hydroxylation is 1. The predicted octanol–water partition coefficient (Wildman–Crippen LogP) is 3.56. The molecule has 2 aliphatic rings. The molecule has 7 heteroatoms. The molecule has 0 aromatic carbocycles. The summed E-state index contributed by atoms with van der Waals surface area (Å²) < 4.78 is 39.6. The first kappa shape index (κ1) is 13.2. The van der Waals surface area contributed by atoms with Gasteiger partial charge < -0.3 is 5.11 Å². The van der Waals surface area contributed by atoms with Crippen LogP contribution < -0.4 is 5.32 Å². The first-order valence-electron chi connectivity index (χ1n) is 6.50. The van der Waals surface area contributed by atoms with E-state index in [9.17, 15) is 18.0 Å². The molecule has 0 unspecified atom stereocenters. The number of fused-ring (bicyclic) bond motifs is 1. The maximum atomic E-state index is 13.2. The first-order valence-corrected chi connectivity index (χ1v) is 6.50. The minimum atomic E-state index is -4.55. The van der Waals surface area contributed by atoms with Gasteiger partial charge in [-0.2, -0.15) is 13.2 Å². The third kappa shape index (κ3) is 2.21. The Morgan fingerprint density at radius 2 is 2.00 bits per heavy atom. The summed E-state index contributed by atoms with van der Waals surface area (Å²) >= 11 is 0. The summed E-state index contributed by atoms with van der Waals surface area (Å²) in [4.78, 5) is 14.7. The summed E-state index contributed by atoms with van der Waals surface area (Å²) in [5.41, 5.74) is 0.285. The molecule has 1 aromatic rings. The Hall–Kier alpha value is -1.79. The molecule has 0 atom stereocenters. The Morgan fingerprint density at radius 1 is 1.30 bits per heavy atom. The molecule has 2 N–H and O–H groups in total. The number of carboxylic acid groups (broad SMARTS) is 1. The molecule has 0 saturated heterocycles. The Kier molecular flexibility index (Phi) is 2.88. The second-order valence-electron chi connectivity index (χ2n) is 5.23. The number of aromatic nitrogens is 1. The van der Waals surface area contributed by atoms with Gasteiger partial charge in [0.2, 0.25) is 0 Å². The summed E-state index contributed by atoms with van der Waals surface area (Å²) in [6, 6.07) is 0. The minimum Gasteiger partial charge on any atom is -0.465 e. The fourth-order valence-electron chi connectivity index (χ4n) is 2.83. The number of rotatable bonds is 2. The van der Waals surface area contributed by atoms with Crippen molar-refractivity contribution in [1.29, 1.82) is 0 Å². The van der Waals surface area contributed by atoms with Crippen LogP contribution in [0.4, 0.5) is 23.7 Å². The molecule has 1 heterocycles. The van der Waals surface area contributed by atoms with Gasteiger partial charge in [0.05, 0.1) is 5.69 Å². The Bertz CT molecular complexity index is 580. The van der Waals surface area contributed by atoms with Crippen molar-refractivity contribution in [3.63, 3.8) is 0 Å². The third-order valence-corrected chi connectivity index (χ3v) is 3.75. The van der Waals surface area contributed by atoms with Crippen LogP contribution in [0.2, 0.25) is 0 Å². The van der Waals surface area contributed by atoms with Gasteiger partial charge in [-0.05, 0) is 43.6 Å². The maximum Gasteiger partial charge on any atom is 0.433 e. The van der Waals surface area contributed by atoms with Gasteiger partial charge in [0.1, 0.15) is 5.69 Å². The van der Waals surface area contributed by atoms with Crippen molar-refractivity contribution in [1.82, 2.24) is 4.98 Å². The van der Waals surface area contributed by atoms with Crippen LogP contribution in [0.5, 0.6) is 0 Å². The quantitative estimate of drug-likeness (QED) is 0.873. The number of anilines is 1. The standard InChI is InChI=1S/C13H13F3N2O2/c14-13(15,16)11-9(6-4-5-6)10(18-12(19)20)7-2-1-3-8(7)17-11/h6H,1-5H2,(H,17,18)(H,19,20). The summed E-state index contributed by atoms with van der Waals surface area (Å²) in [5.74, 6) is -0.230. The van der Waals surface area contributed by atoms with Gasteiger partial charge in [0.25, 0.3) is 0 Å². The van der Waals surface area contributed by atoms with Gasteiger partial charge in [0, 0.05) is 11.3 Å². The van der Waals surface area contributed by atoms with Crippen molar-refractivity contribution in [3.05, 3.63) is 22.5 Å². The number of nitrogens with zero attached hydrogens (tertiary/aromatic N) is 1. The van der Waals surface area contributed by atoms with Crippen molar-refractivity contribution in [2.75, 3.05) is 5.32 Å². The van der Waals surface area contributed by atoms with Crippen molar-refractivity contribution in [2.24, 2.45) is 0 Å². The SMILES string of the molecule is O=C(O)Nc1c2c(nc(C(F)(F)F)c1C1CC1)CCC2. The molecule has 3 rings (SSSR count). The lowest BCUT2D eigenvalue weighted by Gasteiger charge is -2.19. The van der Waals surface area contributed by atoms with E-state index in [1.807, 2.05) is 0 Å². The van der Waals surface area contributed by atoms with E-state index in [0.29, 0.717) is 43.4 Å². The second-order valence-corrected chi connectivity index (χ2v) is 5.23. The first-order chi connectivity index (χ1) is 9.38. The molecule has 2 aliphatic carbocycles. The topological polar surface area (TPSA) is 62.2 Å². The van der Waals surface area contributed by atoms with Crippen LogP contribution in [0.15, 0.2) is 0 Å². The van der Waals surface area contributed by atoms with E-state index in [-0.39, 0.29) is 17.2 Å². The zero-order valence-electron chi connectivity index (χ0n) is 10.5. The van der Waals surface area contributed by atoms with Crippen LogP contribution in [0.25, 0.3) is 0 Å². The summed E-state index contributed by atoms with van der Waals surface area (Å²) in [7, 11) is 0. The molecule has 1 saturated carbocycles. The number of pyridine rings is 1. The number of amides is 1. The van der Waals surface area contributed by atoms with Crippen molar-refractivity contribution < 1.29 is 23.1 Å². The van der Waals surface area contributed by atoms with Crippen LogP contribution >= 0.6 is 0 Å². The number of hydrogen-bond acceptors (Lipinski definition) is 2. The van der Waals surface area contributed by atoms with Crippen molar-refractivity contribution in [2.45, 2.75) is 44.2 Å². The normalized spacial score (nSPS) is 17.9. The number of carbonyl (C=O) groups is 1. The minimum absolute atomic E-state index is 0.0422. The number of nitrogens with one attached hydrogen (secondary N) is 1. The Morgan fingerprint density at radius 3 is 2.55 bits per heavy atom. The molecule has 0 aliphatic heterocycles. The van der Waals surface area contributed by atoms with E-state index >= 15 is 0 Å². The van der Waals surface area contributed by atoms with Gasteiger partial charge in [0.15, 0.2) is 0 Å². The van der Waals surface area contributed by atoms with E-state index in [4.69, 9.17) is 5.11 Å². The van der Waals surface area contributed by atoms with Gasteiger partial charge in [-0.3, -0.25) is 5.32 Å². The van der Waals surface area contributed by atoms with Gasteiger partial charge in [-0.25, -0.2) is 9.78 Å². The van der Waals surface area contributed by atoms with E-state index in [0.717, 1.165) is 0 Å². The molecular weight excluding hydrogens is 273 g/mol. The summed E-state index contributed by atoms with van der Waals surface area (Å²) in [6.45, 7) is 0. The zero-order valence-corrected chi connectivity index (χ0v) is 10.5. The highest BCUT2D eigenvalue weighted by molar-refractivity contribution is 5.86. The lowest BCUT2D eigenvalue weighted by Crippen LogP contribution is -2.19. The summed E-state index contributed by atoms with van der Waals surface area (Å²) in [5, 5.41) is 11.1. The molecule has 20 heavy (non-hydrogen) atoms. The van der Waals surface area contributed by atoms with E-state index in [2.05, 4.69) is 10.3 Å². The second kappa shape index (κ2) is 4.36. The maximum absolute atomic E-state index is 13.2. The Balaban J connectivity index is 2.23. The fraction of sp³-hybridized carbons (Fsp3) is 0.538. The molecule has 108 valence electrons. The molecule has 4 nitrogen and oxygen atoms in total. The lowest BCUT2D eigenvalue weighted by molar-refractivity contribution is -0.141. The van der Waals surface area contributed by atoms with Crippen molar-refractivity contribution in [3.8, 4) is 0 Å². The van der Waals surface area contributed by atoms with Crippen LogP contribution in [0.1, 0.15) is 47.7 Å². The molecule has 1 fully saturated rings. The average Bonchev–Trinajstić information content (AvgIpc) is 3.04. The number of hydrogen-bond donors (Lipinski definition) is 2. The number of alkyl halides is 3. The van der Waals surface area contributed by atoms with E-state index in [1.54, 1.807) is 0 Å².